The summed E-state index contributed by atoms with van der Waals surface area (Å²) in [5.41, 5.74) is 2.10. The van der Waals surface area contributed by atoms with E-state index in [0.717, 1.165) is 22.9 Å². The van der Waals surface area contributed by atoms with Crippen LogP contribution in [0.15, 0.2) is 58.4 Å². The molecule has 1 aromatic carbocycles. The van der Waals surface area contributed by atoms with Crippen molar-refractivity contribution in [1.29, 1.82) is 0 Å². The lowest BCUT2D eigenvalue weighted by atomic mass is 10.2. The Bertz CT molecular complexity index is 680. The lowest BCUT2D eigenvalue weighted by Gasteiger charge is -2.19. The maximum Gasteiger partial charge on any atom is 0.177 e. The van der Waals surface area contributed by atoms with Gasteiger partial charge in [0.1, 0.15) is 0 Å². The summed E-state index contributed by atoms with van der Waals surface area (Å²) < 4.78 is 5.41. The number of nitrogens with zero attached hydrogens (tertiary/aromatic N) is 2. The lowest BCUT2D eigenvalue weighted by molar-refractivity contribution is 0.181. The predicted octanol–water partition coefficient (Wildman–Crippen LogP) is 3.40. The molecule has 0 aliphatic heterocycles. The van der Waals surface area contributed by atoms with Crippen LogP contribution in [0.3, 0.4) is 0 Å². The average Bonchev–Trinajstić information content (AvgIpc) is 3.19. The van der Waals surface area contributed by atoms with Gasteiger partial charge in [0.2, 0.25) is 0 Å². The molecule has 0 fully saturated rings. The fraction of sp³-hybridized carbons (Fsp3) is 0.235. The van der Waals surface area contributed by atoms with Crippen molar-refractivity contribution in [3.63, 3.8) is 0 Å². The highest BCUT2D eigenvalue weighted by Crippen LogP contribution is 2.25. The van der Waals surface area contributed by atoms with Crippen LogP contribution in [0.25, 0.3) is 10.6 Å². The van der Waals surface area contributed by atoms with Gasteiger partial charge in [-0.2, -0.15) is 0 Å². The van der Waals surface area contributed by atoms with Gasteiger partial charge in [-0.1, -0.05) is 41.6 Å². The van der Waals surface area contributed by atoms with Crippen molar-refractivity contribution in [3.8, 4) is 10.6 Å². The molecule has 0 saturated heterocycles. The predicted molar refractivity (Wildman–Crippen MR) is 87.5 cm³/mol. The first-order valence-corrected chi connectivity index (χ1v) is 8.10. The van der Waals surface area contributed by atoms with E-state index in [4.69, 9.17) is 4.52 Å². The summed E-state index contributed by atoms with van der Waals surface area (Å²) in [6.07, 6.45) is 0. The van der Waals surface area contributed by atoms with E-state index in [9.17, 15) is 5.11 Å². The van der Waals surface area contributed by atoms with Crippen LogP contribution in [-0.2, 0) is 13.1 Å². The van der Waals surface area contributed by atoms with E-state index in [1.54, 1.807) is 11.3 Å². The summed E-state index contributed by atoms with van der Waals surface area (Å²) in [6, 6.07) is 16.2. The maximum absolute atomic E-state index is 9.26. The molecule has 5 heteroatoms. The summed E-state index contributed by atoms with van der Waals surface area (Å²) in [5.74, 6) is 0.800. The van der Waals surface area contributed by atoms with Gasteiger partial charge in [0.25, 0.3) is 0 Å². The van der Waals surface area contributed by atoms with Crippen molar-refractivity contribution in [1.82, 2.24) is 10.1 Å². The molecule has 0 unspecified atom stereocenters. The molecular weight excluding hydrogens is 296 g/mol. The first kappa shape index (κ1) is 15.0. The van der Waals surface area contributed by atoms with Gasteiger partial charge in [-0.05, 0) is 17.0 Å². The molecule has 0 aliphatic carbocycles. The van der Waals surface area contributed by atoms with Crippen molar-refractivity contribution in [2.45, 2.75) is 13.1 Å². The third kappa shape index (κ3) is 3.82. The normalized spacial score (nSPS) is 11.2. The summed E-state index contributed by atoms with van der Waals surface area (Å²) >= 11 is 1.63. The Balaban J connectivity index is 1.68. The molecule has 0 spiro atoms. The number of benzene rings is 1. The summed E-state index contributed by atoms with van der Waals surface area (Å²) in [5, 5.41) is 15.4. The van der Waals surface area contributed by atoms with Crippen molar-refractivity contribution in [2.24, 2.45) is 0 Å². The van der Waals surface area contributed by atoms with Crippen LogP contribution in [0.1, 0.15) is 11.3 Å². The number of aromatic nitrogens is 1. The lowest BCUT2D eigenvalue weighted by Crippen LogP contribution is -2.26. The van der Waals surface area contributed by atoms with E-state index in [1.165, 1.54) is 5.56 Å². The zero-order valence-corrected chi connectivity index (χ0v) is 13.0. The van der Waals surface area contributed by atoms with Crippen LogP contribution in [0.5, 0.6) is 0 Å². The standard InChI is InChI=1S/C17H18N2O2S/c20-9-8-19(12-14-5-2-1-3-6-14)13-15-11-16(21-18-15)17-7-4-10-22-17/h1-7,10-11,20H,8-9,12-13H2. The second kappa shape index (κ2) is 7.35. The molecule has 2 aromatic heterocycles. The van der Waals surface area contributed by atoms with Crippen LogP contribution in [-0.4, -0.2) is 28.3 Å². The second-order valence-electron chi connectivity index (χ2n) is 5.08. The molecule has 2 heterocycles. The number of hydrogen-bond donors (Lipinski definition) is 1. The SMILES string of the molecule is OCCN(Cc1ccccc1)Cc1cc(-c2cccs2)on1. The molecule has 3 rings (SSSR count). The van der Waals surface area contributed by atoms with E-state index < -0.39 is 0 Å². The topological polar surface area (TPSA) is 49.5 Å². The first-order valence-electron chi connectivity index (χ1n) is 7.22. The highest BCUT2D eigenvalue weighted by atomic mass is 32.1. The number of thiophene rings is 1. The zero-order chi connectivity index (χ0) is 15.2. The maximum atomic E-state index is 9.26. The van der Waals surface area contributed by atoms with E-state index in [-0.39, 0.29) is 6.61 Å². The minimum Gasteiger partial charge on any atom is -0.395 e. The highest BCUT2D eigenvalue weighted by molar-refractivity contribution is 7.13. The molecule has 0 amide bonds. The van der Waals surface area contributed by atoms with Gasteiger partial charge in [0, 0.05) is 25.7 Å². The number of aliphatic hydroxyl groups is 1. The number of rotatable bonds is 7. The molecule has 0 aliphatic rings. The summed E-state index contributed by atoms with van der Waals surface area (Å²) in [7, 11) is 0. The van der Waals surface area contributed by atoms with E-state index in [0.29, 0.717) is 13.1 Å². The van der Waals surface area contributed by atoms with Gasteiger partial charge >= 0.3 is 0 Å². The molecular formula is C17H18N2O2S. The fourth-order valence-corrected chi connectivity index (χ4v) is 3.02. The van der Waals surface area contributed by atoms with Gasteiger partial charge in [-0.25, -0.2) is 0 Å². The van der Waals surface area contributed by atoms with Gasteiger partial charge < -0.3 is 9.63 Å². The molecule has 114 valence electrons. The van der Waals surface area contributed by atoms with Crippen LogP contribution in [0.2, 0.25) is 0 Å². The molecule has 1 N–H and O–H groups in total. The van der Waals surface area contributed by atoms with Crippen LogP contribution in [0, 0.1) is 0 Å². The Kier molecular flexibility index (Phi) is 5.00. The smallest absolute Gasteiger partial charge is 0.177 e. The van der Waals surface area contributed by atoms with Crippen molar-refractivity contribution >= 4 is 11.3 Å². The number of hydrogen-bond acceptors (Lipinski definition) is 5. The minimum absolute atomic E-state index is 0.127. The molecule has 0 atom stereocenters. The molecule has 22 heavy (non-hydrogen) atoms. The third-order valence-electron chi connectivity index (χ3n) is 3.37. The summed E-state index contributed by atoms with van der Waals surface area (Å²) in [4.78, 5) is 3.24. The van der Waals surface area contributed by atoms with Gasteiger partial charge in [0.05, 0.1) is 17.2 Å². The minimum atomic E-state index is 0.127. The average molecular weight is 314 g/mol. The van der Waals surface area contributed by atoms with E-state index >= 15 is 0 Å². The van der Waals surface area contributed by atoms with Crippen molar-refractivity contribution in [2.75, 3.05) is 13.2 Å². The Labute approximate surface area is 133 Å². The Morgan fingerprint density at radius 3 is 2.68 bits per heavy atom. The quantitative estimate of drug-likeness (QED) is 0.726. The van der Waals surface area contributed by atoms with Gasteiger partial charge in [-0.15, -0.1) is 11.3 Å². The Hall–Kier alpha value is -1.95. The van der Waals surface area contributed by atoms with Gasteiger partial charge in [-0.3, -0.25) is 4.90 Å². The molecule has 4 nitrogen and oxygen atoms in total. The Morgan fingerprint density at radius 1 is 1.09 bits per heavy atom. The largest absolute Gasteiger partial charge is 0.395 e. The highest BCUT2D eigenvalue weighted by Gasteiger charge is 2.12. The molecule has 0 saturated carbocycles. The van der Waals surface area contributed by atoms with Crippen LogP contribution < -0.4 is 0 Å². The van der Waals surface area contributed by atoms with Crippen LogP contribution in [0.4, 0.5) is 0 Å². The molecule has 3 aromatic rings. The second-order valence-corrected chi connectivity index (χ2v) is 6.03. The first-order chi connectivity index (χ1) is 10.8. The third-order valence-corrected chi connectivity index (χ3v) is 4.26. The van der Waals surface area contributed by atoms with E-state index in [1.807, 2.05) is 41.8 Å². The summed E-state index contributed by atoms with van der Waals surface area (Å²) in [6.45, 7) is 2.17. The fourth-order valence-electron chi connectivity index (χ4n) is 2.35. The zero-order valence-electron chi connectivity index (χ0n) is 12.2. The Morgan fingerprint density at radius 2 is 1.95 bits per heavy atom. The van der Waals surface area contributed by atoms with Crippen molar-refractivity contribution < 1.29 is 9.63 Å². The monoisotopic (exact) mass is 314 g/mol. The number of aliphatic hydroxyl groups excluding tert-OH is 1. The van der Waals surface area contributed by atoms with Crippen molar-refractivity contribution in [3.05, 3.63) is 65.2 Å². The van der Waals surface area contributed by atoms with Crippen LogP contribution >= 0.6 is 11.3 Å². The van der Waals surface area contributed by atoms with Gasteiger partial charge in [0.15, 0.2) is 5.76 Å². The van der Waals surface area contributed by atoms with E-state index in [2.05, 4.69) is 22.2 Å². The molecule has 0 bridgehead atoms. The molecule has 0 radical (unpaired) electrons.